The smallest absolute Gasteiger partial charge is 0.326 e. The summed E-state index contributed by atoms with van der Waals surface area (Å²) in [6.07, 6.45) is 2.82. The van der Waals surface area contributed by atoms with E-state index in [0.717, 1.165) is 0 Å². The molecule has 4 unspecified atom stereocenters. The molecule has 0 aliphatic heterocycles. The number of hydrogen-bond donors (Lipinski definition) is 8. The maximum Gasteiger partial charge on any atom is 0.326 e. The van der Waals surface area contributed by atoms with Gasteiger partial charge in [-0.25, -0.2) is 9.78 Å². The summed E-state index contributed by atoms with van der Waals surface area (Å²) in [4.78, 5) is 58.6. The molecule has 0 aliphatic rings. The van der Waals surface area contributed by atoms with E-state index in [-0.39, 0.29) is 36.7 Å². The molecular formula is C29H36N6O7. The molecule has 3 amide bonds. The summed E-state index contributed by atoms with van der Waals surface area (Å²) >= 11 is 0. The highest BCUT2D eigenvalue weighted by molar-refractivity contribution is 5.94. The van der Waals surface area contributed by atoms with Crippen molar-refractivity contribution in [3.05, 3.63) is 77.9 Å². The fourth-order valence-electron chi connectivity index (χ4n) is 4.09. The summed E-state index contributed by atoms with van der Waals surface area (Å²) in [5, 5.41) is 36.8. The standard InChI is InChI=1S/C29H36N6O7/c1-16(2)25(30)28(40)34-23(13-19-14-31-15-32-19)27(39)33-22(11-17-3-7-20(36)8-4-17)26(38)35-24(29(41)42)12-18-5-9-21(37)10-6-18/h3-10,14-16,22-25,36-37H,11-13,30H2,1-2H3,(H,31,32)(H,33,39)(H,34,40)(H,35,38)(H,41,42). The molecule has 224 valence electrons. The number of nitrogens with zero attached hydrogens (tertiary/aromatic N) is 1. The van der Waals surface area contributed by atoms with Crippen LogP contribution in [0.15, 0.2) is 61.1 Å². The molecule has 0 spiro atoms. The first kappa shape index (κ1) is 31.6. The lowest BCUT2D eigenvalue weighted by Gasteiger charge is -2.26. The molecule has 0 radical (unpaired) electrons. The van der Waals surface area contributed by atoms with Crippen LogP contribution in [-0.2, 0) is 38.4 Å². The number of carbonyl (C=O) groups excluding carboxylic acids is 3. The normalized spacial score (nSPS) is 13.9. The molecule has 1 aromatic heterocycles. The first-order valence-corrected chi connectivity index (χ1v) is 13.4. The summed E-state index contributed by atoms with van der Waals surface area (Å²) < 4.78 is 0. The number of nitrogens with one attached hydrogen (secondary N) is 4. The molecule has 0 fully saturated rings. The first-order valence-electron chi connectivity index (χ1n) is 13.4. The summed E-state index contributed by atoms with van der Waals surface area (Å²) in [6, 6.07) is 7.27. The number of benzene rings is 2. The fraction of sp³-hybridized carbons (Fsp3) is 0.345. The van der Waals surface area contributed by atoms with Crippen LogP contribution >= 0.6 is 0 Å². The van der Waals surface area contributed by atoms with E-state index in [0.29, 0.717) is 16.8 Å². The average Bonchev–Trinajstić information content (AvgIpc) is 3.46. The number of aromatic hydroxyl groups is 2. The molecule has 0 bridgehead atoms. The topological polar surface area (TPSA) is 220 Å². The zero-order valence-corrected chi connectivity index (χ0v) is 23.3. The number of phenols is 2. The minimum absolute atomic E-state index is 0.00690. The number of hydrogen-bond acceptors (Lipinski definition) is 8. The van der Waals surface area contributed by atoms with Crippen molar-refractivity contribution >= 4 is 23.7 Å². The van der Waals surface area contributed by atoms with E-state index >= 15 is 0 Å². The van der Waals surface area contributed by atoms with Crippen molar-refractivity contribution < 1.29 is 34.5 Å². The molecule has 13 heteroatoms. The van der Waals surface area contributed by atoms with Crippen LogP contribution in [0.5, 0.6) is 11.5 Å². The Morgan fingerprint density at radius 3 is 1.67 bits per heavy atom. The first-order chi connectivity index (χ1) is 19.9. The molecule has 3 rings (SSSR count). The van der Waals surface area contributed by atoms with Crippen molar-refractivity contribution in [2.24, 2.45) is 11.7 Å². The number of carboxylic acids is 1. The predicted octanol–water partition coefficient (Wildman–Crippen LogP) is 0.371. The summed E-state index contributed by atoms with van der Waals surface area (Å²) in [5.41, 5.74) is 7.67. The van der Waals surface area contributed by atoms with Crippen molar-refractivity contribution in [3.8, 4) is 11.5 Å². The Morgan fingerprint density at radius 2 is 1.21 bits per heavy atom. The second-order valence-corrected chi connectivity index (χ2v) is 10.3. The van der Waals surface area contributed by atoms with Gasteiger partial charge in [-0.15, -0.1) is 0 Å². The van der Waals surface area contributed by atoms with Gasteiger partial charge in [-0.1, -0.05) is 38.1 Å². The van der Waals surface area contributed by atoms with Gasteiger partial charge in [0.1, 0.15) is 29.6 Å². The molecule has 42 heavy (non-hydrogen) atoms. The lowest BCUT2D eigenvalue weighted by Crippen LogP contribution is -2.58. The lowest BCUT2D eigenvalue weighted by molar-refractivity contribution is -0.142. The highest BCUT2D eigenvalue weighted by Gasteiger charge is 2.31. The van der Waals surface area contributed by atoms with E-state index in [1.54, 1.807) is 26.0 Å². The lowest BCUT2D eigenvalue weighted by atomic mass is 10.0. The molecule has 3 aromatic rings. The fourth-order valence-corrected chi connectivity index (χ4v) is 4.09. The van der Waals surface area contributed by atoms with Gasteiger partial charge in [0.05, 0.1) is 12.4 Å². The highest BCUT2D eigenvalue weighted by atomic mass is 16.4. The number of carbonyl (C=O) groups is 4. The Bertz CT molecular complexity index is 1340. The molecular weight excluding hydrogens is 544 g/mol. The van der Waals surface area contributed by atoms with Crippen molar-refractivity contribution in [1.29, 1.82) is 0 Å². The minimum atomic E-state index is -1.34. The highest BCUT2D eigenvalue weighted by Crippen LogP contribution is 2.14. The molecule has 1 heterocycles. The SMILES string of the molecule is CC(C)C(N)C(=O)NC(Cc1cnc[nH]1)C(=O)NC(Cc1ccc(O)cc1)C(=O)NC(Cc1ccc(O)cc1)C(=O)O. The van der Waals surface area contributed by atoms with Crippen LogP contribution in [0.1, 0.15) is 30.7 Å². The largest absolute Gasteiger partial charge is 0.508 e. The van der Waals surface area contributed by atoms with E-state index in [1.807, 2.05) is 0 Å². The van der Waals surface area contributed by atoms with Gasteiger partial charge in [-0.05, 0) is 41.3 Å². The molecule has 4 atom stereocenters. The number of phenolic OH excluding ortho intramolecular Hbond substituents is 2. The summed E-state index contributed by atoms with van der Waals surface area (Å²) in [6.45, 7) is 3.53. The monoisotopic (exact) mass is 580 g/mol. The maximum atomic E-state index is 13.5. The number of amides is 3. The second-order valence-electron chi connectivity index (χ2n) is 10.3. The van der Waals surface area contributed by atoms with Crippen LogP contribution in [0.3, 0.4) is 0 Å². The third kappa shape index (κ3) is 9.34. The number of imidazole rings is 1. The third-order valence-corrected chi connectivity index (χ3v) is 6.63. The number of aliphatic carboxylic acids is 1. The van der Waals surface area contributed by atoms with Gasteiger partial charge in [0.25, 0.3) is 0 Å². The summed E-state index contributed by atoms with van der Waals surface area (Å²) in [5.74, 6) is -3.49. The molecule has 9 N–H and O–H groups in total. The number of nitrogens with two attached hydrogens (primary N) is 1. The van der Waals surface area contributed by atoms with Crippen LogP contribution in [0, 0.1) is 5.92 Å². The van der Waals surface area contributed by atoms with E-state index in [9.17, 15) is 34.5 Å². The number of aromatic amines is 1. The second kappa shape index (κ2) is 14.6. The summed E-state index contributed by atoms with van der Waals surface area (Å²) in [7, 11) is 0. The van der Waals surface area contributed by atoms with Crippen LogP contribution in [0.4, 0.5) is 0 Å². The maximum absolute atomic E-state index is 13.5. The van der Waals surface area contributed by atoms with Gasteiger partial charge in [0, 0.05) is 31.2 Å². The average molecular weight is 581 g/mol. The Kier molecular flexibility index (Phi) is 11.0. The van der Waals surface area contributed by atoms with Gasteiger partial charge in [-0.3, -0.25) is 14.4 Å². The number of rotatable bonds is 14. The van der Waals surface area contributed by atoms with E-state index in [1.165, 1.54) is 48.9 Å². The van der Waals surface area contributed by atoms with Crippen molar-refractivity contribution in [2.45, 2.75) is 57.3 Å². The quantitative estimate of drug-likeness (QED) is 0.132. The Hall–Kier alpha value is -4.91. The Balaban J connectivity index is 1.84. The van der Waals surface area contributed by atoms with E-state index < -0.39 is 47.9 Å². The van der Waals surface area contributed by atoms with E-state index in [4.69, 9.17) is 5.73 Å². The van der Waals surface area contributed by atoms with Crippen LogP contribution in [0.25, 0.3) is 0 Å². The molecule has 13 nitrogen and oxygen atoms in total. The third-order valence-electron chi connectivity index (χ3n) is 6.63. The van der Waals surface area contributed by atoms with Gasteiger partial charge < -0.3 is 42.0 Å². The molecule has 2 aromatic carbocycles. The Labute approximate surface area is 242 Å². The van der Waals surface area contributed by atoms with Crippen molar-refractivity contribution in [1.82, 2.24) is 25.9 Å². The van der Waals surface area contributed by atoms with E-state index in [2.05, 4.69) is 25.9 Å². The molecule has 0 saturated carbocycles. The van der Waals surface area contributed by atoms with Gasteiger partial charge in [0.2, 0.25) is 17.7 Å². The zero-order valence-electron chi connectivity index (χ0n) is 23.3. The van der Waals surface area contributed by atoms with Crippen molar-refractivity contribution in [3.63, 3.8) is 0 Å². The Morgan fingerprint density at radius 1 is 0.762 bits per heavy atom. The van der Waals surface area contributed by atoms with Crippen molar-refractivity contribution in [2.75, 3.05) is 0 Å². The van der Waals surface area contributed by atoms with Gasteiger partial charge in [0.15, 0.2) is 0 Å². The number of carboxylic acid groups (broad SMARTS) is 1. The number of H-pyrrole nitrogens is 1. The van der Waals surface area contributed by atoms with Gasteiger partial charge >= 0.3 is 5.97 Å². The van der Waals surface area contributed by atoms with Crippen LogP contribution in [0.2, 0.25) is 0 Å². The van der Waals surface area contributed by atoms with Crippen LogP contribution in [-0.4, -0.2) is 73.1 Å². The predicted molar refractivity (Wildman–Crippen MR) is 152 cm³/mol. The zero-order chi connectivity index (χ0) is 30.8. The van der Waals surface area contributed by atoms with Gasteiger partial charge in [-0.2, -0.15) is 0 Å². The molecule has 0 aliphatic carbocycles. The minimum Gasteiger partial charge on any atom is -0.508 e. The van der Waals surface area contributed by atoms with Crippen LogP contribution < -0.4 is 21.7 Å². The molecule has 0 saturated heterocycles. The number of aromatic nitrogens is 2.